The molecule has 0 aromatic heterocycles. The molecule has 134 valence electrons. The van der Waals surface area contributed by atoms with E-state index in [0.717, 1.165) is 31.4 Å². The highest BCUT2D eigenvalue weighted by atomic mass is 19.1. The molecule has 0 aliphatic heterocycles. The average molecular weight is 348 g/mol. The van der Waals surface area contributed by atoms with E-state index in [0.29, 0.717) is 6.54 Å². The number of benzene rings is 1. The molecular formula is C18H21FN2O4. The van der Waals surface area contributed by atoms with Crippen LogP contribution in [-0.2, 0) is 9.53 Å². The van der Waals surface area contributed by atoms with Crippen LogP contribution in [0.3, 0.4) is 0 Å². The van der Waals surface area contributed by atoms with Crippen LogP contribution in [0.4, 0.5) is 9.18 Å². The summed E-state index contributed by atoms with van der Waals surface area (Å²) in [6.45, 7) is -0.144. The maximum atomic E-state index is 12.8. The minimum Gasteiger partial charge on any atom is -0.452 e. The van der Waals surface area contributed by atoms with E-state index >= 15 is 0 Å². The molecule has 1 aromatic rings. The molecule has 0 unspecified atom stereocenters. The van der Waals surface area contributed by atoms with E-state index in [-0.39, 0.29) is 5.56 Å². The van der Waals surface area contributed by atoms with Crippen LogP contribution >= 0.6 is 0 Å². The molecule has 0 atom stereocenters. The van der Waals surface area contributed by atoms with Gasteiger partial charge in [-0.2, -0.15) is 0 Å². The fraction of sp³-hybridized carbons (Fsp3) is 0.389. The number of esters is 1. The van der Waals surface area contributed by atoms with Gasteiger partial charge in [0.15, 0.2) is 6.61 Å². The summed E-state index contributed by atoms with van der Waals surface area (Å²) in [5.41, 5.74) is 1.45. The quantitative estimate of drug-likeness (QED) is 0.611. The minimum absolute atomic E-state index is 0.124. The first-order valence-electron chi connectivity index (χ1n) is 8.23. The van der Waals surface area contributed by atoms with E-state index in [1.807, 2.05) is 0 Å². The first-order valence-corrected chi connectivity index (χ1v) is 8.23. The SMILES string of the molecule is O=C(COC(=O)c1ccc(F)cc1)NC(=O)NCCC1=CCCCC1. The van der Waals surface area contributed by atoms with Crippen LogP contribution in [0.2, 0.25) is 0 Å². The van der Waals surface area contributed by atoms with Crippen molar-refractivity contribution in [3.8, 4) is 0 Å². The number of amides is 3. The molecule has 0 spiro atoms. The normalized spacial score (nSPS) is 13.6. The Bertz CT molecular complexity index is 656. The Kier molecular flexibility index (Phi) is 7.13. The summed E-state index contributed by atoms with van der Waals surface area (Å²) in [5.74, 6) is -1.97. The topological polar surface area (TPSA) is 84.5 Å². The lowest BCUT2D eigenvalue weighted by atomic mass is 9.97. The number of allylic oxidation sites excluding steroid dienone is 1. The molecule has 0 bridgehead atoms. The van der Waals surface area contributed by atoms with E-state index in [1.165, 1.54) is 30.5 Å². The average Bonchev–Trinajstić information content (AvgIpc) is 2.61. The van der Waals surface area contributed by atoms with Crippen LogP contribution < -0.4 is 10.6 Å². The molecule has 2 rings (SSSR count). The molecule has 3 amide bonds. The zero-order valence-electron chi connectivity index (χ0n) is 13.8. The molecule has 7 heteroatoms. The third-order valence-electron chi connectivity index (χ3n) is 3.78. The summed E-state index contributed by atoms with van der Waals surface area (Å²) in [6, 6.07) is 4.11. The smallest absolute Gasteiger partial charge is 0.338 e. The Labute approximate surface area is 145 Å². The monoisotopic (exact) mass is 348 g/mol. The van der Waals surface area contributed by atoms with Crippen molar-refractivity contribution in [3.05, 3.63) is 47.3 Å². The lowest BCUT2D eigenvalue weighted by Crippen LogP contribution is -2.41. The number of carbonyl (C=O) groups excluding carboxylic acids is 3. The molecule has 2 N–H and O–H groups in total. The van der Waals surface area contributed by atoms with E-state index in [1.54, 1.807) is 0 Å². The highest BCUT2D eigenvalue weighted by Crippen LogP contribution is 2.19. The summed E-state index contributed by atoms with van der Waals surface area (Å²) in [7, 11) is 0. The van der Waals surface area contributed by atoms with Gasteiger partial charge in [0.05, 0.1) is 5.56 Å². The zero-order chi connectivity index (χ0) is 18.1. The fourth-order valence-corrected chi connectivity index (χ4v) is 2.48. The second-order valence-corrected chi connectivity index (χ2v) is 5.75. The second kappa shape index (κ2) is 9.56. The molecule has 1 aliphatic rings. The van der Waals surface area contributed by atoms with Crippen molar-refractivity contribution in [2.75, 3.05) is 13.2 Å². The predicted octanol–water partition coefficient (Wildman–Crippen LogP) is 2.70. The van der Waals surface area contributed by atoms with Gasteiger partial charge in [0, 0.05) is 6.54 Å². The van der Waals surface area contributed by atoms with E-state index in [4.69, 9.17) is 4.74 Å². The maximum absolute atomic E-state index is 12.8. The Morgan fingerprint density at radius 3 is 2.56 bits per heavy atom. The Morgan fingerprint density at radius 2 is 1.88 bits per heavy atom. The van der Waals surface area contributed by atoms with Gasteiger partial charge in [0.2, 0.25) is 0 Å². The van der Waals surface area contributed by atoms with Crippen LogP contribution in [0, 0.1) is 5.82 Å². The van der Waals surface area contributed by atoms with Crippen LogP contribution in [0.15, 0.2) is 35.9 Å². The number of imide groups is 1. The second-order valence-electron chi connectivity index (χ2n) is 5.75. The molecule has 0 radical (unpaired) electrons. The first-order chi connectivity index (χ1) is 12.0. The van der Waals surface area contributed by atoms with Gasteiger partial charge in [-0.1, -0.05) is 11.6 Å². The van der Waals surface area contributed by atoms with Gasteiger partial charge in [-0.25, -0.2) is 14.0 Å². The summed E-state index contributed by atoms with van der Waals surface area (Å²) >= 11 is 0. The molecule has 1 aromatic carbocycles. The van der Waals surface area contributed by atoms with Crippen molar-refractivity contribution in [1.82, 2.24) is 10.6 Å². The standard InChI is InChI=1S/C18H21FN2O4/c19-15-8-6-14(7-9-15)17(23)25-12-16(22)21-18(24)20-11-10-13-4-2-1-3-5-13/h4,6-9H,1-3,5,10-12H2,(H2,20,21,22,24). The van der Waals surface area contributed by atoms with Gasteiger partial charge in [-0.15, -0.1) is 0 Å². The number of carbonyl (C=O) groups is 3. The number of ether oxygens (including phenoxy) is 1. The summed E-state index contributed by atoms with van der Waals surface area (Å²) in [5, 5.41) is 4.68. The lowest BCUT2D eigenvalue weighted by molar-refractivity contribution is -0.123. The van der Waals surface area contributed by atoms with Crippen LogP contribution in [-0.4, -0.2) is 31.1 Å². The number of rotatable bonds is 6. The largest absolute Gasteiger partial charge is 0.452 e. The highest BCUT2D eigenvalue weighted by Gasteiger charge is 2.12. The van der Waals surface area contributed by atoms with Crippen LogP contribution in [0.5, 0.6) is 0 Å². The Balaban J connectivity index is 1.63. The number of hydrogen-bond donors (Lipinski definition) is 2. The molecule has 0 saturated heterocycles. The fourth-order valence-electron chi connectivity index (χ4n) is 2.48. The third kappa shape index (κ3) is 6.74. The van der Waals surface area contributed by atoms with Gasteiger partial charge < -0.3 is 10.1 Å². The third-order valence-corrected chi connectivity index (χ3v) is 3.78. The maximum Gasteiger partial charge on any atom is 0.338 e. The van der Waals surface area contributed by atoms with E-state index in [2.05, 4.69) is 16.7 Å². The van der Waals surface area contributed by atoms with Crippen LogP contribution in [0.25, 0.3) is 0 Å². The number of urea groups is 1. The molecule has 0 saturated carbocycles. The van der Waals surface area contributed by atoms with Gasteiger partial charge in [-0.05, 0) is 56.4 Å². The van der Waals surface area contributed by atoms with Gasteiger partial charge in [0.25, 0.3) is 5.91 Å². The van der Waals surface area contributed by atoms with Gasteiger partial charge >= 0.3 is 12.0 Å². The molecule has 1 aliphatic carbocycles. The summed E-state index contributed by atoms with van der Waals surface area (Å²) < 4.78 is 17.5. The van der Waals surface area contributed by atoms with Crippen molar-refractivity contribution < 1.29 is 23.5 Å². The Morgan fingerprint density at radius 1 is 1.12 bits per heavy atom. The molecular weight excluding hydrogens is 327 g/mol. The predicted molar refractivity (Wildman–Crippen MR) is 89.4 cm³/mol. The summed E-state index contributed by atoms with van der Waals surface area (Å²) in [4.78, 5) is 34.9. The Hall–Kier alpha value is -2.70. The van der Waals surface area contributed by atoms with Crippen molar-refractivity contribution in [3.63, 3.8) is 0 Å². The molecule has 0 heterocycles. The number of hydrogen-bond acceptors (Lipinski definition) is 4. The zero-order valence-corrected chi connectivity index (χ0v) is 13.8. The lowest BCUT2D eigenvalue weighted by Gasteiger charge is -2.13. The molecule has 6 nitrogen and oxygen atoms in total. The molecule has 25 heavy (non-hydrogen) atoms. The van der Waals surface area contributed by atoms with Gasteiger partial charge in [0.1, 0.15) is 5.82 Å². The van der Waals surface area contributed by atoms with Crippen molar-refractivity contribution in [1.29, 1.82) is 0 Å². The van der Waals surface area contributed by atoms with E-state index < -0.39 is 30.3 Å². The minimum atomic E-state index is -0.764. The first kappa shape index (κ1) is 18.6. The van der Waals surface area contributed by atoms with Crippen molar-refractivity contribution in [2.45, 2.75) is 32.1 Å². The van der Waals surface area contributed by atoms with E-state index in [9.17, 15) is 18.8 Å². The number of halogens is 1. The number of nitrogens with one attached hydrogen (secondary N) is 2. The van der Waals surface area contributed by atoms with Gasteiger partial charge in [-0.3, -0.25) is 10.1 Å². The van der Waals surface area contributed by atoms with Crippen molar-refractivity contribution in [2.24, 2.45) is 0 Å². The summed E-state index contributed by atoms with van der Waals surface area (Å²) in [6.07, 6.45) is 7.49. The van der Waals surface area contributed by atoms with Crippen molar-refractivity contribution >= 4 is 17.9 Å². The molecule has 0 fully saturated rings. The van der Waals surface area contributed by atoms with Crippen LogP contribution in [0.1, 0.15) is 42.5 Å². The highest BCUT2D eigenvalue weighted by molar-refractivity contribution is 5.96.